The van der Waals surface area contributed by atoms with Crippen LogP contribution in [0.15, 0.2) is 54.6 Å². The van der Waals surface area contributed by atoms with Gasteiger partial charge in [0, 0.05) is 11.1 Å². The SMILES string of the molecule is O=S(=O)(O)C(c1cccc(O)c1)(c1cccc(Cl)c1Cl)c1ccc(Cl)c(O)c1Cl. The Hall–Kier alpha value is -1.67. The average molecular weight is 494 g/mol. The lowest BCUT2D eigenvalue weighted by Crippen LogP contribution is -2.39. The number of phenolic OH excluding ortho intramolecular Hbond substituents is 2. The normalized spacial score (nSPS) is 13.8. The summed E-state index contributed by atoms with van der Waals surface area (Å²) in [5.74, 6) is -0.861. The van der Waals surface area contributed by atoms with Crippen molar-refractivity contribution in [2.75, 3.05) is 0 Å². The van der Waals surface area contributed by atoms with Gasteiger partial charge in [0.25, 0.3) is 10.1 Å². The van der Waals surface area contributed by atoms with Crippen molar-refractivity contribution in [2.24, 2.45) is 0 Å². The minimum Gasteiger partial charge on any atom is -0.508 e. The highest BCUT2D eigenvalue weighted by Gasteiger charge is 2.51. The van der Waals surface area contributed by atoms with E-state index >= 15 is 0 Å². The molecule has 152 valence electrons. The molecule has 29 heavy (non-hydrogen) atoms. The Morgan fingerprint density at radius 3 is 2.00 bits per heavy atom. The second kappa shape index (κ2) is 7.87. The number of benzene rings is 3. The molecule has 3 aromatic carbocycles. The summed E-state index contributed by atoms with van der Waals surface area (Å²) in [6.45, 7) is 0. The van der Waals surface area contributed by atoms with Crippen LogP contribution in [0.4, 0.5) is 0 Å². The molecule has 10 heteroatoms. The van der Waals surface area contributed by atoms with E-state index < -0.39 is 25.6 Å². The first-order valence-corrected chi connectivity index (χ1v) is 10.9. The van der Waals surface area contributed by atoms with Crippen LogP contribution in [0.2, 0.25) is 20.1 Å². The maximum absolute atomic E-state index is 13.0. The van der Waals surface area contributed by atoms with Gasteiger partial charge in [-0.2, -0.15) is 8.42 Å². The van der Waals surface area contributed by atoms with E-state index in [1.165, 1.54) is 48.5 Å². The van der Waals surface area contributed by atoms with Crippen molar-refractivity contribution in [2.45, 2.75) is 4.75 Å². The van der Waals surface area contributed by atoms with Gasteiger partial charge < -0.3 is 10.2 Å². The molecule has 3 aromatic rings. The van der Waals surface area contributed by atoms with Gasteiger partial charge in [0.2, 0.25) is 0 Å². The molecule has 0 fully saturated rings. The van der Waals surface area contributed by atoms with Crippen molar-refractivity contribution in [3.05, 3.63) is 91.4 Å². The molecule has 0 radical (unpaired) electrons. The van der Waals surface area contributed by atoms with Gasteiger partial charge in [-0.1, -0.05) is 76.7 Å². The first kappa shape index (κ1) is 22.0. The van der Waals surface area contributed by atoms with Crippen LogP contribution in [0.1, 0.15) is 16.7 Å². The van der Waals surface area contributed by atoms with E-state index in [9.17, 15) is 23.2 Å². The third kappa shape index (κ3) is 3.54. The highest BCUT2D eigenvalue weighted by Crippen LogP contribution is 2.52. The molecular formula is C19H12Cl4O5S. The van der Waals surface area contributed by atoms with Crippen molar-refractivity contribution in [3.8, 4) is 11.5 Å². The molecule has 3 rings (SSSR count). The Morgan fingerprint density at radius 2 is 1.38 bits per heavy atom. The number of hydrogen-bond acceptors (Lipinski definition) is 4. The molecule has 1 atom stereocenters. The third-order valence-corrected chi connectivity index (χ3v) is 7.37. The van der Waals surface area contributed by atoms with Crippen molar-refractivity contribution < 1.29 is 23.2 Å². The Morgan fingerprint density at radius 1 is 0.759 bits per heavy atom. The zero-order valence-corrected chi connectivity index (χ0v) is 18.1. The van der Waals surface area contributed by atoms with Crippen LogP contribution in [-0.4, -0.2) is 23.2 Å². The lowest BCUT2D eigenvalue weighted by Gasteiger charge is -2.34. The van der Waals surface area contributed by atoms with E-state index in [2.05, 4.69) is 0 Å². The van der Waals surface area contributed by atoms with Crippen LogP contribution in [0.25, 0.3) is 0 Å². The van der Waals surface area contributed by atoms with Crippen molar-refractivity contribution in [1.82, 2.24) is 0 Å². The van der Waals surface area contributed by atoms with E-state index in [0.29, 0.717) is 0 Å². The largest absolute Gasteiger partial charge is 0.508 e. The topological polar surface area (TPSA) is 94.8 Å². The molecule has 0 amide bonds. The first-order chi connectivity index (χ1) is 13.5. The Kier molecular flexibility index (Phi) is 5.98. The summed E-state index contributed by atoms with van der Waals surface area (Å²) in [7, 11) is -5.09. The second-order valence-electron chi connectivity index (χ2n) is 6.07. The molecule has 0 saturated heterocycles. The average Bonchev–Trinajstić information content (AvgIpc) is 2.64. The number of aromatic hydroxyl groups is 2. The molecule has 0 bridgehead atoms. The molecule has 0 aliphatic rings. The molecule has 3 N–H and O–H groups in total. The van der Waals surface area contributed by atoms with Gasteiger partial charge in [0.05, 0.1) is 20.1 Å². The van der Waals surface area contributed by atoms with Gasteiger partial charge in [0.15, 0.2) is 10.5 Å². The summed E-state index contributed by atoms with van der Waals surface area (Å²) in [4.78, 5) is 0. The molecule has 0 spiro atoms. The maximum Gasteiger partial charge on any atom is 0.283 e. The summed E-state index contributed by atoms with van der Waals surface area (Å²) < 4.78 is 34.0. The van der Waals surface area contributed by atoms with Crippen LogP contribution in [-0.2, 0) is 14.9 Å². The number of rotatable bonds is 4. The van der Waals surface area contributed by atoms with Crippen molar-refractivity contribution >= 4 is 56.5 Å². The monoisotopic (exact) mass is 492 g/mol. The van der Waals surface area contributed by atoms with Crippen LogP contribution < -0.4 is 0 Å². The van der Waals surface area contributed by atoms with E-state index in [1.807, 2.05) is 0 Å². The zero-order valence-electron chi connectivity index (χ0n) is 14.3. The van der Waals surface area contributed by atoms with Crippen LogP contribution in [0.5, 0.6) is 11.5 Å². The summed E-state index contributed by atoms with van der Waals surface area (Å²) in [5.41, 5.74) is -0.463. The van der Waals surface area contributed by atoms with E-state index in [-0.39, 0.29) is 37.5 Å². The van der Waals surface area contributed by atoms with Gasteiger partial charge in [-0.3, -0.25) is 4.55 Å². The van der Waals surface area contributed by atoms with E-state index in [1.54, 1.807) is 0 Å². The Labute approximate surface area is 186 Å². The number of phenols is 2. The first-order valence-electron chi connectivity index (χ1n) is 7.90. The number of hydrogen-bond donors (Lipinski definition) is 3. The minimum absolute atomic E-state index is 0.0200. The summed E-state index contributed by atoms with van der Waals surface area (Å²) in [6, 6.07) is 11.9. The fourth-order valence-electron chi connectivity index (χ4n) is 3.20. The summed E-state index contributed by atoms with van der Waals surface area (Å²) >= 11 is 24.6. The van der Waals surface area contributed by atoms with Crippen LogP contribution >= 0.6 is 46.4 Å². The van der Waals surface area contributed by atoms with E-state index in [0.717, 1.165) is 6.07 Å². The van der Waals surface area contributed by atoms with Gasteiger partial charge in [-0.15, -0.1) is 0 Å². The molecule has 0 heterocycles. The van der Waals surface area contributed by atoms with Crippen molar-refractivity contribution in [1.29, 1.82) is 0 Å². The standard InChI is InChI=1S/C19H12Cl4O5S/c20-14-6-2-5-12(16(14)22)19(29(26,27)28,10-3-1-4-11(24)9-10)13-7-8-15(21)18(25)17(13)23/h1-9,24-25H,(H,26,27,28). The highest BCUT2D eigenvalue weighted by atomic mass is 35.5. The molecule has 0 aliphatic carbocycles. The quantitative estimate of drug-likeness (QED) is 0.311. The second-order valence-corrected chi connectivity index (χ2v) is 9.20. The Balaban J connectivity index is 2.63. The van der Waals surface area contributed by atoms with Gasteiger partial charge in [-0.25, -0.2) is 0 Å². The fraction of sp³-hybridized carbons (Fsp3) is 0.0526. The predicted molar refractivity (Wildman–Crippen MR) is 114 cm³/mol. The van der Waals surface area contributed by atoms with Gasteiger partial charge in [-0.05, 0) is 29.8 Å². The molecule has 0 aromatic heterocycles. The lowest BCUT2D eigenvalue weighted by atomic mass is 9.83. The number of halogens is 4. The molecule has 1 unspecified atom stereocenters. The van der Waals surface area contributed by atoms with Gasteiger partial charge >= 0.3 is 0 Å². The maximum atomic E-state index is 13.0. The lowest BCUT2D eigenvalue weighted by molar-refractivity contribution is 0.455. The smallest absolute Gasteiger partial charge is 0.283 e. The summed E-state index contributed by atoms with van der Waals surface area (Å²) in [6.07, 6.45) is 0. The third-order valence-electron chi connectivity index (χ3n) is 4.42. The highest BCUT2D eigenvalue weighted by molar-refractivity contribution is 7.87. The molecule has 5 nitrogen and oxygen atoms in total. The van der Waals surface area contributed by atoms with E-state index in [4.69, 9.17) is 46.4 Å². The van der Waals surface area contributed by atoms with Crippen LogP contribution in [0.3, 0.4) is 0 Å². The predicted octanol–water partition coefficient (Wildman–Crippen LogP) is 5.89. The molecule has 0 aliphatic heterocycles. The van der Waals surface area contributed by atoms with Crippen molar-refractivity contribution in [3.63, 3.8) is 0 Å². The zero-order chi connectivity index (χ0) is 21.6. The molecule has 0 saturated carbocycles. The minimum atomic E-state index is -5.09. The van der Waals surface area contributed by atoms with Gasteiger partial charge in [0.1, 0.15) is 5.75 Å². The molecular weight excluding hydrogens is 482 g/mol. The fourth-order valence-corrected chi connectivity index (χ4v) is 5.58. The van der Waals surface area contributed by atoms with Crippen LogP contribution in [0, 0.1) is 0 Å². The Bertz CT molecular complexity index is 1210. The summed E-state index contributed by atoms with van der Waals surface area (Å²) in [5, 5.41) is 19.5.